The topological polar surface area (TPSA) is 70.2 Å². The van der Waals surface area contributed by atoms with Gasteiger partial charge >= 0.3 is 5.97 Å². The molecule has 0 N–H and O–H groups in total. The van der Waals surface area contributed by atoms with Crippen LogP contribution in [0.15, 0.2) is 0 Å². The molecule has 7 heteroatoms. The van der Waals surface area contributed by atoms with E-state index in [4.69, 9.17) is 0 Å². The van der Waals surface area contributed by atoms with Crippen LogP contribution >= 0.6 is 0 Å². The largest absolute Gasteiger partial charge is 0.468 e. The average Bonchev–Trinajstić information content (AvgIpc) is 2.52. The highest BCUT2D eigenvalue weighted by molar-refractivity contribution is 5.86. The Balaban J connectivity index is 1.91. The second-order valence-corrected chi connectivity index (χ2v) is 5.99. The van der Waals surface area contributed by atoms with E-state index in [1.807, 2.05) is 11.8 Å². The summed E-state index contributed by atoms with van der Waals surface area (Å²) in [4.78, 5) is 40.8. The van der Waals surface area contributed by atoms with E-state index >= 15 is 0 Å². The van der Waals surface area contributed by atoms with Gasteiger partial charge in [0.05, 0.1) is 13.2 Å². The summed E-state index contributed by atoms with van der Waals surface area (Å²) in [6.45, 7) is 6.32. The van der Waals surface area contributed by atoms with Crippen LogP contribution in [0.1, 0.15) is 26.7 Å². The van der Waals surface area contributed by atoms with Crippen LogP contribution in [0.4, 0.5) is 0 Å². The second kappa shape index (κ2) is 7.09. The van der Waals surface area contributed by atoms with Crippen molar-refractivity contribution in [3.05, 3.63) is 0 Å². The molecular formula is C15H25N3O4. The highest BCUT2D eigenvalue weighted by Crippen LogP contribution is 2.22. The quantitative estimate of drug-likeness (QED) is 0.670. The first-order valence-corrected chi connectivity index (χ1v) is 7.81. The Hall–Kier alpha value is -1.63. The van der Waals surface area contributed by atoms with Gasteiger partial charge in [0, 0.05) is 39.1 Å². The molecule has 2 rings (SSSR count). The van der Waals surface area contributed by atoms with Crippen LogP contribution < -0.4 is 0 Å². The zero-order chi connectivity index (χ0) is 16.3. The number of piperidine rings is 1. The minimum atomic E-state index is -0.385. The number of ether oxygens (including phenoxy) is 1. The number of carbonyl (C=O) groups is 3. The molecule has 0 aromatic rings. The lowest BCUT2D eigenvalue weighted by Crippen LogP contribution is -2.61. The lowest BCUT2D eigenvalue weighted by molar-refractivity contribution is -0.153. The van der Waals surface area contributed by atoms with Crippen LogP contribution in [0.5, 0.6) is 0 Å². The summed E-state index contributed by atoms with van der Waals surface area (Å²) in [7, 11) is 1.33. The van der Waals surface area contributed by atoms with Crippen molar-refractivity contribution >= 4 is 17.8 Å². The second-order valence-electron chi connectivity index (χ2n) is 5.99. The van der Waals surface area contributed by atoms with Gasteiger partial charge in [-0.2, -0.15) is 0 Å². The fraction of sp³-hybridized carbons (Fsp3) is 0.800. The van der Waals surface area contributed by atoms with Crippen LogP contribution in [-0.4, -0.2) is 84.4 Å². The van der Waals surface area contributed by atoms with Crippen molar-refractivity contribution in [3.63, 3.8) is 0 Å². The van der Waals surface area contributed by atoms with Gasteiger partial charge in [-0.15, -0.1) is 0 Å². The highest BCUT2D eigenvalue weighted by atomic mass is 16.5. The number of piperazine rings is 1. The third kappa shape index (κ3) is 3.58. The molecule has 2 heterocycles. The number of nitrogens with zero attached hydrogens (tertiary/aromatic N) is 3. The Morgan fingerprint density at radius 3 is 2.36 bits per heavy atom. The van der Waals surface area contributed by atoms with E-state index < -0.39 is 0 Å². The van der Waals surface area contributed by atoms with Gasteiger partial charge in [0.2, 0.25) is 11.8 Å². The van der Waals surface area contributed by atoms with E-state index in [0.29, 0.717) is 12.6 Å². The Kier molecular flexibility index (Phi) is 5.39. The molecule has 0 spiro atoms. The predicted octanol–water partition coefficient (Wildman–Crippen LogP) is -0.297. The molecule has 2 aliphatic heterocycles. The third-order valence-corrected chi connectivity index (χ3v) is 4.72. The maximum Gasteiger partial charge on any atom is 0.325 e. The summed E-state index contributed by atoms with van der Waals surface area (Å²) in [6.07, 6.45) is 1.79. The van der Waals surface area contributed by atoms with E-state index in [2.05, 4.69) is 9.64 Å². The van der Waals surface area contributed by atoms with Crippen molar-refractivity contribution in [2.75, 3.05) is 39.8 Å². The van der Waals surface area contributed by atoms with Crippen LogP contribution in [0.25, 0.3) is 0 Å². The van der Waals surface area contributed by atoms with Crippen molar-refractivity contribution in [1.82, 2.24) is 14.7 Å². The fourth-order valence-corrected chi connectivity index (χ4v) is 3.33. The number of hydrogen-bond donors (Lipinski definition) is 0. The SMILES string of the molecule is COC(=O)CN1CCN(C2CCN(C(C)=O)CC2)C(C)C1=O. The zero-order valence-corrected chi connectivity index (χ0v) is 13.6. The first-order valence-electron chi connectivity index (χ1n) is 7.81. The summed E-state index contributed by atoms with van der Waals surface area (Å²) in [5.74, 6) is -0.292. The predicted molar refractivity (Wildman–Crippen MR) is 80.0 cm³/mol. The molecule has 0 aliphatic carbocycles. The molecule has 2 fully saturated rings. The molecule has 22 heavy (non-hydrogen) atoms. The molecule has 0 saturated carbocycles. The maximum absolute atomic E-state index is 12.4. The molecular weight excluding hydrogens is 286 g/mol. The molecule has 0 radical (unpaired) electrons. The highest BCUT2D eigenvalue weighted by Gasteiger charge is 2.37. The third-order valence-electron chi connectivity index (χ3n) is 4.72. The minimum Gasteiger partial charge on any atom is -0.468 e. The van der Waals surface area contributed by atoms with Gasteiger partial charge in [-0.1, -0.05) is 0 Å². The van der Waals surface area contributed by atoms with Crippen LogP contribution in [0, 0.1) is 0 Å². The lowest BCUT2D eigenvalue weighted by atomic mass is 9.99. The van der Waals surface area contributed by atoms with Crippen molar-refractivity contribution in [2.45, 2.75) is 38.8 Å². The molecule has 2 aliphatic rings. The Labute approximate surface area is 131 Å². The van der Waals surface area contributed by atoms with Gasteiger partial charge < -0.3 is 14.5 Å². The molecule has 0 bridgehead atoms. The fourth-order valence-electron chi connectivity index (χ4n) is 3.33. The molecule has 0 aromatic carbocycles. The van der Waals surface area contributed by atoms with E-state index in [1.54, 1.807) is 11.8 Å². The minimum absolute atomic E-state index is 0.0225. The summed E-state index contributed by atoms with van der Waals surface area (Å²) >= 11 is 0. The van der Waals surface area contributed by atoms with Crippen molar-refractivity contribution in [1.29, 1.82) is 0 Å². The van der Waals surface area contributed by atoms with Gasteiger partial charge in [-0.05, 0) is 19.8 Å². The van der Waals surface area contributed by atoms with Gasteiger partial charge in [0.15, 0.2) is 0 Å². The van der Waals surface area contributed by atoms with Crippen LogP contribution in [0.3, 0.4) is 0 Å². The summed E-state index contributed by atoms with van der Waals surface area (Å²) in [5.41, 5.74) is 0. The Bertz CT molecular complexity index is 446. The number of amides is 2. The van der Waals surface area contributed by atoms with E-state index in [0.717, 1.165) is 32.5 Å². The zero-order valence-electron chi connectivity index (χ0n) is 13.6. The van der Waals surface area contributed by atoms with Gasteiger partial charge in [-0.25, -0.2) is 0 Å². The van der Waals surface area contributed by atoms with Crippen molar-refractivity contribution < 1.29 is 19.1 Å². The van der Waals surface area contributed by atoms with Crippen LogP contribution in [0.2, 0.25) is 0 Å². The lowest BCUT2D eigenvalue weighted by Gasteiger charge is -2.45. The number of methoxy groups -OCH3 is 1. The number of esters is 1. The molecule has 2 amide bonds. The number of likely N-dealkylation sites (tertiary alicyclic amines) is 1. The first-order chi connectivity index (χ1) is 10.4. The molecule has 1 unspecified atom stereocenters. The number of hydrogen-bond acceptors (Lipinski definition) is 5. The van der Waals surface area contributed by atoms with Gasteiger partial charge in [0.1, 0.15) is 6.54 Å². The van der Waals surface area contributed by atoms with E-state index in [1.165, 1.54) is 7.11 Å². The van der Waals surface area contributed by atoms with Gasteiger partial charge in [0.25, 0.3) is 0 Å². The Morgan fingerprint density at radius 2 is 1.82 bits per heavy atom. The maximum atomic E-state index is 12.4. The Morgan fingerprint density at radius 1 is 1.18 bits per heavy atom. The summed E-state index contributed by atoms with van der Waals surface area (Å²) in [6, 6.07) is 0.0992. The smallest absolute Gasteiger partial charge is 0.325 e. The molecule has 124 valence electrons. The molecule has 1 atom stereocenters. The monoisotopic (exact) mass is 311 g/mol. The molecule has 0 aromatic heterocycles. The van der Waals surface area contributed by atoms with Gasteiger partial charge in [-0.3, -0.25) is 19.3 Å². The molecule has 7 nitrogen and oxygen atoms in total. The standard InChI is InChI=1S/C15H25N3O4/c1-11-15(21)17(10-14(20)22-3)8-9-18(11)13-4-6-16(7-5-13)12(2)19/h11,13H,4-10H2,1-3H3. The number of carbonyl (C=O) groups excluding carboxylic acids is 3. The van der Waals surface area contributed by atoms with Crippen LogP contribution in [-0.2, 0) is 19.1 Å². The first kappa shape index (κ1) is 16.7. The van der Waals surface area contributed by atoms with Crippen molar-refractivity contribution in [3.8, 4) is 0 Å². The summed E-state index contributed by atoms with van der Waals surface area (Å²) in [5, 5.41) is 0. The average molecular weight is 311 g/mol. The summed E-state index contributed by atoms with van der Waals surface area (Å²) < 4.78 is 4.63. The van der Waals surface area contributed by atoms with E-state index in [9.17, 15) is 14.4 Å². The van der Waals surface area contributed by atoms with E-state index in [-0.39, 0.29) is 30.4 Å². The van der Waals surface area contributed by atoms with Crippen molar-refractivity contribution in [2.24, 2.45) is 0 Å². The number of rotatable bonds is 3. The molecule has 2 saturated heterocycles. The normalized spacial score (nSPS) is 24.5.